The maximum Gasteiger partial charge on any atom is 0.435 e. The molecule has 0 saturated heterocycles. The topological polar surface area (TPSA) is 79.8 Å². The summed E-state index contributed by atoms with van der Waals surface area (Å²) in [5.74, 6) is -0.550. The van der Waals surface area contributed by atoms with Gasteiger partial charge in [0, 0.05) is 39.7 Å². The van der Waals surface area contributed by atoms with Gasteiger partial charge in [-0.2, -0.15) is 13.2 Å². The summed E-state index contributed by atoms with van der Waals surface area (Å²) in [5, 5.41) is 10.2. The Balaban J connectivity index is 1.64. The zero-order chi connectivity index (χ0) is 27.7. The average molecular weight is 566 g/mol. The highest BCUT2D eigenvalue weighted by molar-refractivity contribution is 6.34. The van der Waals surface area contributed by atoms with E-state index in [-0.39, 0.29) is 45.3 Å². The fourth-order valence-corrected chi connectivity index (χ4v) is 4.75. The van der Waals surface area contributed by atoms with Crippen LogP contribution in [0.1, 0.15) is 41.8 Å². The summed E-state index contributed by atoms with van der Waals surface area (Å²) < 4.78 is 43.3. The highest BCUT2D eigenvalue weighted by atomic mass is 35.5. The van der Waals surface area contributed by atoms with Gasteiger partial charge in [-0.15, -0.1) is 0 Å². The van der Waals surface area contributed by atoms with Gasteiger partial charge in [0.2, 0.25) is 5.91 Å². The molecule has 0 saturated carbocycles. The van der Waals surface area contributed by atoms with Gasteiger partial charge in [-0.1, -0.05) is 72.5 Å². The summed E-state index contributed by atoms with van der Waals surface area (Å²) >= 11 is 12.0. The van der Waals surface area contributed by atoms with Crippen LogP contribution >= 0.6 is 23.2 Å². The molecule has 1 unspecified atom stereocenters. The predicted molar refractivity (Wildman–Crippen MR) is 141 cm³/mol. The molecule has 3 aromatic rings. The van der Waals surface area contributed by atoms with Crippen LogP contribution in [0, 0.1) is 5.92 Å². The first-order valence-corrected chi connectivity index (χ1v) is 12.5. The van der Waals surface area contributed by atoms with Crippen molar-refractivity contribution in [3.8, 4) is 0 Å². The number of rotatable bonds is 7. The Hall–Kier alpha value is -3.30. The number of amides is 2. The van der Waals surface area contributed by atoms with Gasteiger partial charge >= 0.3 is 6.18 Å². The zero-order valence-electron chi connectivity index (χ0n) is 20.5. The van der Waals surface area contributed by atoms with Crippen LogP contribution in [0.5, 0.6) is 0 Å². The summed E-state index contributed by atoms with van der Waals surface area (Å²) in [5.41, 5.74) is -2.35. The second-order valence-electron chi connectivity index (χ2n) is 9.38. The molecule has 1 heterocycles. The van der Waals surface area contributed by atoms with Crippen LogP contribution in [0.15, 0.2) is 59.8 Å². The molecule has 0 aliphatic carbocycles. The fourth-order valence-electron chi connectivity index (χ4n) is 4.22. The molecule has 1 aliphatic heterocycles. The molecular weight excluding hydrogens is 542 g/mol. The number of carbonyl (C=O) groups excluding carboxylic acids is 2. The molecule has 0 spiro atoms. The SMILES string of the molecule is CC(C)CNC(=O)CNC(=O)c1ccc(C2=NOC(c3cc(Cl)cc(Cl)c3)(C(F)(F)F)C2)c2ccccc12. The van der Waals surface area contributed by atoms with Gasteiger partial charge < -0.3 is 15.5 Å². The van der Waals surface area contributed by atoms with Crippen LogP contribution in [-0.4, -0.2) is 36.8 Å². The van der Waals surface area contributed by atoms with Gasteiger partial charge in [0.1, 0.15) is 0 Å². The number of oxime groups is 1. The first kappa shape index (κ1) is 27.7. The van der Waals surface area contributed by atoms with Crippen molar-refractivity contribution in [1.82, 2.24) is 10.6 Å². The standard InChI is InChI=1S/C27H24Cl2F3N3O3/c1-15(2)13-33-24(36)14-34-25(37)22-8-7-21(19-5-3-4-6-20(19)22)23-12-26(38-35-23,27(30,31)32)16-9-17(28)11-18(29)10-16/h3-11,15H,12-14H2,1-2H3,(H,33,36)(H,34,37). The zero-order valence-corrected chi connectivity index (χ0v) is 22.0. The molecule has 2 N–H and O–H groups in total. The van der Waals surface area contributed by atoms with E-state index in [1.54, 1.807) is 24.3 Å². The van der Waals surface area contributed by atoms with Gasteiger partial charge in [-0.25, -0.2) is 0 Å². The third-order valence-corrected chi connectivity index (χ3v) is 6.55. The Morgan fingerprint density at radius 3 is 2.32 bits per heavy atom. The molecule has 0 aromatic heterocycles. The third kappa shape index (κ3) is 5.59. The fraction of sp³-hybridized carbons (Fsp3) is 0.296. The van der Waals surface area contributed by atoms with Crippen molar-refractivity contribution >= 4 is 51.5 Å². The Labute approximate surface area is 227 Å². The lowest BCUT2D eigenvalue weighted by Crippen LogP contribution is -2.42. The van der Waals surface area contributed by atoms with E-state index in [1.807, 2.05) is 13.8 Å². The van der Waals surface area contributed by atoms with E-state index in [2.05, 4.69) is 15.8 Å². The largest absolute Gasteiger partial charge is 0.435 e. The molecule has 4 rings (SSSR count). The first-order valence-electron chi connectivity index (χ1n) is 11.8. The number of hydrogen-bond donors (Lipinski definition) is 2. The number of fused-ring (bicyclic) bond motifs is 1. The molecule has 2 amide bonds. The molecule has 0 fully saturated rings. The van der Waals surface area contributed by atoms with E-state index in [1.165, 1.54) is 18.2 Å². The Bertz CT molecular complexity index is 1410. The number of halogens is 5. The highest BCUT2D eigenvalue weighted by Gasteiger charge is 2.62. The van der Waals surface area contributed by atoms with Gasteiger partial charge in [-0.05, 0) is 41.0 Å². The lowest BCUT2D eigenvalue weighted by molar-refractivity contribution is -0.275. The Morgan fingerprint density at radius 1 is 1.03 bits per heavy atom. The van der Waals surface area contributed by atoms with Gasteiger partial charge in [-0.3, -0.25) is 9.59 Å². The minimum Gasteiger partial charge on any atom is -0.374 e. The number of alkyl halides is 3. The number of nitrogens with one attached hydrogen (secondary N) is 2. The average Bonchev–Trinajstić information content (AvgIpc) is 3.32. The van der Waals surface area contributed by atoms with E-state index >= 15 is 0 Å². The van der Waals surface area contributed by atoms with E-state index in [9.17, 15) is 22.8 Å². The van der Waals surface area contributed by atoms with Crippen LogP contribution in [-0.2, 0) is 15.2 Å². The normalized spacial score (nSPS) is 17.3. The summed E-state index contributed by atoms with van der Waals surface area (Å²) in [7, 11) is 0. The molecule has 0 bridgehead atoms. The van der Waals surface area contributed by atoms with E-state index in [0.29, 0.717) is 22.9 Å². The lowest BCUT2D eigenvalue weighted by Gasteiger charge is -2.29. The quantitative estimate of drug-likeness (QED) is 0.356. The van der Waals surface area contributed by atoms with Crippen LogP contribution < -0.4 is 10.6 Å². The number of benzene rings is 3. The van der Waals surface area contributed by atoms with Crippen molar-refractivity contribution in [2.75, 3.05) is 13.1 Å². The molecule has 1 aliphatic rings. The highest BCUT2D eigenvalue weighted by Crippen LogP contribution is 2.50. The molecular formula is C27H24Cl2F3N3O3. The monoisotopic (exact) mass is 565 g/mol. The van der Waals surface area contributed by atoms with Crippen molar-refractivity contribution in [2.45, 2.75) is 32.0 Å². The van der Waals surface area contributed by atoms with E-state index in [0.717, 1.165) is 12.1 Å². The molecule has 11 heteroatoms. The van der Waals surface area contributed by atoms with Crippen LogP contribution in [0.3, 0.4) is 0 Å². The second-order valence-corrected chi connectivity index (χ2v) is 10.2. The number of carbonyl (C=O) groups is 2. The van der Waals surface area contributed by atoms with Gasteiger partial charge in [0.15, 0.2) is 0 Å². The third-order valence-electron chi connectivity index (χ3n) is 6.11. The van der Waals surface area contributed by atoms with Gasteiger partial charge in [0.05, 0.1) is 12.3 Å². The van der Waals surface area contributed by atoms with Crippen molar-refractivity contribution in [3.05, 3.63) is 81.3 Å². The molecule has 200 valence electrons. The summed E-state index contributed by atoms with van der Waals surface area (Å²) in [4.78, 5) is 30.0. The van der Waals surface area contributed by atoms with Crippen molar-refractivity contribution in [2.24, 2.45) is 11.1 Å². The smallest absolute Gasteiger partial charge is 0.374 e. The van der Waals surface area contributed by atoms with Gasteiger partial charge in [0.25, 0.3) is 11.5 Å². The maximum absolute atomic E-state index is 14.4. The molecule has 38 heavy (non-hydrogen) atoms. The summed E-state index contributed by atoms with van der Waals surface area (Å²) in [6, 6.07) is 13.4. The second kappa shape index (κ2) is 10.8. The number of hydrogen-bond acceptors (Lipinski definition) is 4. The predicted octanol–water partition coefficient (Wildman–Crippen LogP) is 6.23. The molecule has 6 nitrogen and oxygen atoms in total. The summed E-state index contributed by atoms with van der Waals surface area (Å²) in [6.45, 7) is 4.18. The van der Waals surface area contributed by atoms with Crippen LogP contribution in [0.25, 0.3) is 10.8 Å². The minimum absolute atomic E-state index is 0.0341. The Kier molecular flexibility index (Phi) is 7.90. The van der Waals surface area contributed by atoms with Crippen LogP contribution in [0.4, 0.5) is 13.2 Å². The maximum atomic E-state index is 14.4. The minimum atomic E-state index is -4.84. The molecule has 3 aromatic carbocycles. The first-order chi connectivity index (χ1) is 17.9. The van der Waals surface area contributed by atoms with Crippen molar-refractivity contribution < 1.29 is 27.6 Å². The summed E-state index contributed by atoms with van der Waals surface area (Å²) in [6.07, 6.45) is -5.46. The van der Waals surface area contributed by atoms with Crippen molar-refractivity contribution in [3.63, 3.8) is 0 Å². The Morgan fingerprint density at radius 2 is 1.68 bits per heavy atom. The molecule has 1 atom stereocenters. The lowest BCUT2D eigenvalue weighted by atomic mass is 9.85. The van der Waals surface area contributed by atoms with E-state index in [4.69, 9.17) is 28.0 Å². The van der Waals surface area contributed by atoms with Crippen molar-refractivity contribution in [1.29, 1.82) is 0 Å². The van der Waals surface area contributed by atoms with E-state index < -0.39 is 24.1 Å². The number of nitrogens with zero attached hydrogens (tertiary/aromatic N) is 1. The van der Waals surface area contributed by atoms with Crippen LogP contribution in [0.2, 0.25) is 10.0 Å². The molecule has 0 radical (unpaired) electrons.